The molecule has 1 amide bonds. The van der Waals surface area contributed by atoms with Crippen LogP contribution < -0.4 is 11.3 Å². The van der Waals surface area contributed by atoms with Crippen molar-refractivity contribution in [2.75, 3.05) is 0 Å². The molecule has 0 radical (unpaired) electrons. The third-order valence-electron chi connectivity index (χ3n) is 2.34. The van der Waals surface area contributed by atoms with Crippen LogP contribution in [-0.4, -0.2) is 17.3 Å². The standard InChI is InChI=1S/C11H10N2O2.C3H4O/c12-13-11(15)9-5-7-3-1-2-4-8(7)6-10(9)14;1-2-3-4/h1-6,14H,12H2,(H,13,15);2-3H,1H2. The number of phenolic OH excluding ortho intramolecular Hbond substituents is 1. The molecule has 2 rings (SSSR count). The van der Waals surface area contributed by atoms with Gasteiger partial charge in [-0.1, -0.05) is 30.8 Å². The van der Waals surface area contributed by atoms with Crippen LogP contribution in [0.1, 0.15) is 10.4 Å². The number of hydrazine groups is 1. The monoisotopic (exact) mass is 258 g/mol. The van der Waals surface area contributed by atoms with Crippen LogP contribution in [0.25, 0.3) is 10.8 Å². The average Bonchev–Trinajstić information content (AvgIpc) is 2.46. The Balaban J connectivity index is 0.000000399. The number of benzene rings is 2. The first kappa shape index (κ1) is 14.4. The second-order valence-electron chi connectivity index (χ2n) is 3.56. The highest BCUT2D eigenvalue weighted by Gasteiger charge is 2.10. The number of nitrogens with two attached hydrogens (primary N) is 1. The number of hydrogen-bond donors (Lipinski definition) is 3. The van der Waals surface area contributed by atoms with Gasteiger partial charge in [0.25, 0.3) is 5.91 Å². The quantitative estimate of drug-likeness (QED) is 0.250. The van der Waals surface area contributed by atoms with Gasteiger partial charge in [-0.2, -0.15) is 0 Å². The van der Waals surface area contributed by atoms with Crippen molar-refractivity contribution in [3.05, 3.63) is 54.6 Å². The number of nitrogen functional groups attached to an aromatic ring is 1. The van der Waals surface area contributed by atoms with Gasteiger partial charge in [0.05, 0.1) is 5.56 Å². The molecule has 5 heteroatoms. The summed E-state index contributed by atoms with van der Waals surface area (Å²) in [7, 11) is 0. The molecule has 4 N–H and O–H groups in total. The summed E-state index contributed by atoms with van der Waals surface area (Å²) in [6.45, 7) is 3.11. The lowest BCUT2D eigenvalue weighted by atomic mass is 10.1. The van der Waals surface area contributed by atoms with Crippen LogP contribution >= 0.6 is 0 Å². The Morgan fingerprint density at radius 1 is 1.26 bits per heavy atom. The van der Waals surface area contributed by atoms with Crippen LogP contribution in [0, 0.1) is 0 Å². The van der Waals surface area contributed by atoms with E-state index in [1.807, 2.05) is 29.7 Å². The van der Waals surface area contributed by atoms with E-state index in [4.69, 9.17) is 10.6 Å². The molecule has 0 aliphatic rings. The van der Waals surface area contributed by atoms with Crippen LogP contribution in [0.5, 0.6) is 5.75 Å². The third-order valence-corrected chi connectivity index (χ3v) is 2.34. The van der Waals surface area contributed by atoms with Crippen molar-refractivity contribution in [2.24, 2.45) is 5.84 Å². The summed E-state index contributed by atoms with van der Waals surface area (Å²) in [4.78, 5) is 20.3. The Hall–Kier alpha value is -2.66. The zero-order valence-corrected chi connectivity index (χ0v) is 10.2. The zero-order valence-electron chi connectivity index (χ0n) is 10.2. The molecule has 98 valence electrons. The number of nitrogens with one attached hydrogen (secondary N) is 1. The molecule has 2 aromatic carbocycles. The second-order valence-corrected chi connectivity index (χ2v) is 3.56. The number of carbonyl (C=O) groups is 2. The Morgan fingerprint density at radius 3 is 2.26 bits per heavy atom. The molecule has 0 aliphatic heterocycles. The van der Waals surface area contributed by atoms with Gasteiger partial charge in [0.1, 0.15) is 12.0 Å². The molecular weight excluding hydrogens is 244 g/mol. The lowest BCUT2D eigenvalue weighted by Gasteiger charge is -2.05. The lowest BCUT2D eigenvalue weighted by Crippen LogP contribution is -2.29. The first-order valence-electron chi connectivity index (χ1n) is 5.43. The number of carbonyl (C=O) groups excluding carboxylic acids is 2. The molecule has 0 unspecified atom stereocenters. The van der Waals surface area contributed by atoms with Crippen molar-refractivity contribution in [3.63, 3.8) is 0 Å². The summed E-state index contributed by atoms with van der Waals surface area (Å²) >= 11 is 0. The predicted octanol–water partition coefficient (Wildman–Crippen LogP) is 1.52. The van der Waals surface area contributed by atoms with E-state index in [9.17, 15) is 9.90 Å². The van der Waals surface area contributed by atoms with Crippen molar-refractivity contribution in [1.82, 2.24) is 5.43 Å². The fraction of sp³-hybridized carbons (Fsp3) is 0. The molecule has 0 fully saturated rings. The van der Waals surface area contributed by atoms with Crippen LogP contribution in [0.3, 0.4) is 0 Å². The predicted molar refractivity (Wildman–Crippen MR) is 73.5 cm³/mol. The van der Waals surface area contributed by atoms with Crippen molar-refractivity contribution in [3.8, 4) is 5.75 Å². The summed E-state index contributed by atoms with van der Waals surface area (Å²) < 4.78 is 0. The van der Waals surface area contributed by atoms with Crippen molar-refractivity contribution in [2.45, 2.75) is 0 Å². The Labute approximate surface area is 110 Å². The van der Waals surface area contributed by atoms with E-state index in [1.165, 1.54) is 6.08 Å². The Morgan fingerprint density at radius 2 is 1.79 bits per heavy atom. The van der Waals surface area contributed by atoms with E-state index >= 15 is 0 Å². The van der Waals surface area contributed by atoms with Gasteiger partial charge in [-0.15, -0.1) is 0 Å². The number of hydrogen-bond acceptors (Lipinski definition) is 4. The van der Waals surface area contributed by atoms with Crippen LogP contribution in [0.2, 0.25) is 0 Å². The molecule has 0 atom stereocenters. The number of aldehydes is 1. The van der Waals surface area contributed by atoms with E-state index in [-0.39, 0.29) is 11.3 Å². The number of rotatable bonds is 2. The smallest absolute Gasteiger partial charge is 0.268 e. The summed E-state index contributed by atoms with van der Waals surface area (Å²) in [5, 5.41) is 11.4. The van der Waals surface area contributed by atoms with Gasteiger partial charge in [-0.25, -0.2) is 5.84 Å². The molecule has 0 saturated heterocycles. The van der Waals surface area contributed by atoms with E-state index < -0.39 is 5.91 Å². The highest BCUT2D eigenvalue weighted by Crippen LogP contribution is 2.24. The van der Waals surface area contributed by atoms with Gasteiger partial charge in [-0.05, 0) is 29.0 Å². The van der Waals surface area contributed by atoms with Crippen LogP contribution in [0.15, 0.2) is 49.1 Å². The van der Waals surface area contributed by atoms with Gasteiger partial charge in [0.15, 0.2) is 0 Å². The van der Waals surface area contributed by atoms with Gasteiger partial charge in [0, 0.05) is 0 Å². The third kappa shape index (κ3) is 3.65. The molecule has 0 bridgehead atoms. The normalized spacial score (nSPS) is 9.11. The number of phenols is 1. The molecule has 2 aromatic rings. The largest absolute Gasteiger partial charge is 0.507 e. The van der Waals surface area contributed by atoms with Gasteiger partial charge < -0.3 is 5.11 Å². The average molecular weight is 258 g/mol. The first-order valence-corrected chi connectivity index (χ1v) is 5.43. The fourth-order valence-corrected chi connectivity index (χ4v) is 1.49. The molecule has 0 aromatic heterocycles. The molecule has 5 nitrogen and oxygen atoms in total. The molecule has 0 saturated carbocycles. The molecule has 0 heterocycles. The topological polar surface area (TPSA) is 92.4 Å². The minimum Gasteiger partial charge on any atom is -0.507 e. The van der Waals surface area contributed by atoms with Crippen molar-refractivity contribution < 1.29 is 14.7 Å². The summed E-state index contributed by atoms with van der Waals surface area (Å²) in [5.74, 6) is 4.43. The Bertz CT molecular complexity index is 603. The van der Waals surface area contributed by atoms with E-state index in [2.05, 4.69) is 6.58 Å². The Kier molecular flexibility index (Phi) is 5.25. The number of aromatic hydroxyl groups is 1. The number of amides is 1. The summed E-state index contributed by atoms with van der Waals surface area (Å²) in [6, 6.07) is 10.6. The van der Waals surface area contributed by atoms with E-state index in [0.29, 0.717) is 6.29 Å². The maximum Gasteiger partial charge on any atom is 0.268 e. The van der Waals surface area contributed by atoms with Crippen molar-refractivity contribution >= 4 is 23.0 Å². The van der Waals surface area contributed by atoms with E-state index in [1.54, 1.807) is 12.1 Å². The number of allylic oxidation sites excluding steroid dienone is 1. The fourth-order valence-electron chi connectivity index (χ4n) is 1.49. The van der Waals surface area contributed by atoms with Gasteiger partial charge in [0.2, 0.25) is 0 Å². The summed E-state index contributed by atoms with van der Waals surface area (Å²) in [6.07, 6.45) is 1.83. The maximum atomic E-state index is 11.3. The van der Waals surface area contributed by atoms with E-state index in [0.717, 1.165) is 10.8 Å². The van der Waals surface area contributed by atoms with Crippen LogP contribution in [0.4, 0.5) is 0 Å². The second kappa shape index (κ2) is 6.93. The van der Waals surface area contributed by atoms with Crippen molar-refractivity contribution in [1.29, 1.82) is 0 Å². The highest BCUT2D eigenvalue weighted by atomic mass is 16.3. The molecular formula is C14H14N2O3. The molecule has 19 heavy (non-hydrogen) atoms. The minimum absolute atomic E-state index is 0.0725. The minimum atomic E-state index is -0.502. The van der Waals surface area contributed by atoms with Gasteiger partial charge >= 0.3 is 0 Å². The lowest BCUT2D eigenvalue weighted by molar-refractivity contribution is -0.104. The highest BCUT2D eigenvalue weighted by molar-refractivity contribution is 6.01. The molecule has 0 spiro atoms. The zero-order chi connectivity index (χ0) is 14.3. The first-order chi connectivity index (χ1) is 9.13. The molecule has 0 aliphatic carbocycles. The SMILES string of the molecule is C=CC=O.NNC(=O)c1cc2ccccc2cc1O. The van der Waals surface area contributed by atoms with Crippen LogP contribution in [-0.2, 0) is 4.79 Å². The summed E-state index contributed by atoms with van der Waals surface area (Å²) in [5.41, 5.74) is 2.16. The maximum absolute atomic E-state index is 11.3. The van der Waals surface area contributed by atoms with Gasteiger partial charge in [-0.3, -0.25) is 15.0 Å². The number of fused-ring (bicyclic) bond motifs is 1.